The summed E-state index contributed by atoms with van der Waals surface area (Å²) in [6.45, 7) is 0.209. The van der Waals surface area contributed by atoms with E-state index in [1.54, 1.807) is 36.7 Å². The normalized spacial score (nSPS) is 12.6. The molecule has 21 heavy (non-hydrogen) atoms. The highest BCUT2D eigenvalue weighted by molar-refractivity contribution is 9.10. The maximum atomic E-state index is 11.8. The maximum absolute atomic E-state index is 11.8. The van der Waals surface area contributed by atoms with Crippen molar-refractivity contribution in [3.05, 3.63) is 52.3 Å². The van der Waals surface area contributed by atoms with Crippen molar-refractivity contribution in [2.75, 3.05) is 6.79 Å². The zero-order chi connectivity index (χ0) is 14.7. The molecule has 7 heteroatoms. The van der Waals surface area contributed by atoms with Gasteiger partial charge in [-0.1, -0.05) is 0 Å². The Kier molecular flexibility index (Phi) is 3.83. The van der Waals surface area contributed by atoms with Crippen molar-refractivity contribution in [1.82, 2.24) is 10.4 Å². The lowest BCUT2D eigenvalue weighted by Crippen LogP contribution is -2.17. The minimum absolute atomic E-state index is 0.209. The molecule has 0 spiro atoms. The summed E-state index contributed by atoms with van der Waals surface area (Å²) < 4.78 is 11.4. The molecule has 0 saturated heterocycles. The second-order valence-electron chi connectivity index (χ2n) is 4.16. The number of carbonyl (C=O) groups is 1. The fourth-order valence-electron chi connectivity index (χ4n) is 1.76. The summed E-state index contributed by atoms with van der Waals surface area (Å²) in [5, 5.41) is 3.93. The standard InChI is InChI=1S/C14H10BrN3O3/c15-11-6-13-12(20-8-21-13)5-10(11)7-17-18-14(19)9-1-3-16-4-2-9/h1-7H,8H2,(H,18,19)/b17-7-. The Morgan fingerprint density at radius 1 is 1.29 bits per heavy atom. The number of hydrazone groups is 1. The van der Waals surface area contributed by atoms with Crippen LogP contribution in [0.1, 0.15) is 15.9 Å². The number of fused-ring (bicyclic) bond motifs is 1. The number of hydrogen-bond donors (Lipinski definition) is 1. The molecule has 0 atom stereocenters. The molecule has 0 bridgehead atoms. The Balaban J connectivity index is 1.71. The molecular weight excluding hydrogens is 338 g/mol. The predicted octanol–water partition coefficient (Wildman–Crippen LogP) is 2.34. The number of hydrogen-bond acceptors (Lipinski definition) is 5. The van der Waals surface area contributed by atoms with Gasteiger partial charge in [-0.15, -0.1) is 0 Å². The lowest BCUT2D eigenvalue weighted by molar-refractivity contribution is 0.0955. The second-order valence-corrected chi connectivity index (χ2v) is 5.02. The number of rotatable bonds is 3. The van der Waals surface area contributed by atoms with Gasteiger partial charge in [-0.25, -0.2) is 5.43 Å². The van der Waals surface area contributed by atoms with Crippen molar-refractivity contribution >= 4 is 28.1 Å². The van der Waals surface area contributed by atoms with E-state index in [9.17, 15) is 4.79 Å². The summed E-state index contributed by atoms with van der Waals surface area (Å²) in [5.41, 5.74) is 3.72. The summed E-state index contributed by atoms with van der Waals surface area (Å²) in [4.78, 5) is 15.6. The molecule has 106 valence electrons. The molecule has 6 nitrogen and oxygen atoms in total. The lowest BCUT2D eigenvalue weighted by atomic mass is 10.2. The highest BCUT2D eigenvalue weighted by Gasteiger charge is 2.15. The molecule has 0 fully saturated rings. The van der Waals surface area contributed by atoms with E-state index in [-0.39, 0.29) is 12.7 Å². The summed E-state index contributed by atoms with van der Waals surface area (Å²) in [5.74, 6) is 1.03. The van der Waals surface area contributed by atoms with E-state index in [1.807, 2.05) is 0 Å². The number of ether oxygens (including phenoxy) is 2. The minimum atomic E-state index is -0.300. The number of nitrogens with one attached hydrogen (secondary N) is 1. The van der Waals surface area contributed by atoms with Gasteiger partial charge in [-0.05, 0) is 40.2 Å². The number of benzene rings is 1. The smallest absolute Gasteiger partial charge is 0.271 e. The molecular formula is C14H10BrN3O3. The van der Waals surface area contributed by atoms with Gasteiger partial charge >= 0.3 is 0 Å². The zero-order valence-corrected chi connectivity index (χ0v) is 12.3. The molecule has 1 aromatic heterocycles. The third-order valence-electron chi connectivity index (χ3n) is 2.80. The van der Waals surface area contributed by atoms with Crippen molar-refractivity contribution in [3.8, 4) is 11.5 Å². The molecule has 1 N–H and O–H groups in total. The highest BCUT2D eigenvalue weighted by atomic mass is 79.9. The van der Waals surface area contributed by atoms with Crippen LogP contribution in [0.4, 0.5) is 0 Å². The average molecular weight is 348 g/mol. The minimum Gasteiger partial charge on any atom is -0.454 e. The average Bonchev–Trinajstić information content (AvgIpc) is 2.95. The van der Waals surface area contributed by atoms with Crippen molar-refractivity contribution in [1.29, 1.82) is 0 Å². The molecule has 2 heterocycles. The molecule has 1 aliphatic heterocycles. The largest absolute Gasteiger partial charge is 0.454 e. The van der Waals surface area contributed by atoms with Crippen molar-refractivity contribution in [3.63, 3.8) is 0 Å². The first-order valence-electron chi connectivity index (χ1n) is 6.06. The summed E-state index contributed by atoms with van der Waals surface area (Å²) in [6.07, 6.45) is 4.63. The number of nitrogens with zero attached hydrogens (tertiary/aromatic N) is 2. The van der Waals surface area contributed by atoms with Gasteiger partial charge in [0, 0.05) is 28.0 Å². The third kappa shape index (κ3) is 3.03. The number of halogens is 1. The molecule has 2 aromatic rings. The summed E-state index contributed by atoms with van der Waals surface area (Å²) in [7, 11) is 0. The van der Waals surface area contributed by atoms with Crippen molar-refractivity contribution in [2.45, 2.75) is 0 Å². The van der Waals surface area contributed by atoms with Crippen LogP contribution in [0.25, 0.3) is 0 Å². The molecule has 1 aromatic carbocycles. The Morgan fingerprint density at radius 2 is 2.00 bits per heavy atom. The first-order chi connectivity index (χ1) is 10.2. The van der Waals surface area contributed by atoms with E-state index in [2.05, 4.69) is 31.4 Å². The van der Waals surface area contributed by atoms with Crippen LogP contribution in [-0.2, 0) is 0 Å². The Labute approximate surface area is 128 Å². The molecule has 1 amide bonds. The van der Waals surface area contributed by atoms with Crippen molar-refractivity contribution < 1.29 is 14.3 Å². The molecule has 0 radical (unpaired) electrons. The van der Waals surface area contributed by atoms with E-state index in [4.69, 9.17) is 9.47 Å². The van der Waals surface area contributed by atoms with Gasteiger partial charge in [0.15, 0.2) is 11.5 Å². The molecule has 0 unspecified atom stereocenters. The first kappa shape index (κ1) is 13.6. The molecule has 1 aliphatic rings. The van der Waals surface area contributed by atoms with Gasteiger partial charge in [-0.3, -0.25) is 9.78 Å². The SMILES string of the molecule is O=C(N/N=C\c1cc2c(cc1Br)OCO2)c1ccncc1. The van der Waals surface area contributed by atoms with Crippen LogP contribution < -0.4 is 14.9 Å². The van der Waals surface area contributed by atoms with Crippen LogP contribution in [0.5, 0.6) is 11.5 Å². The first-order valence-corrected chi connectivity index (χ1v) is 6.86. The van der Waals surface area contributed by atoms with E-state index < -0.39 is 0 Å². The summed E-state index contributed by atoms with van der Waals surface area (Å²) in [6, 6.07) is 6.81. The van der Waals surface area contributed by atoms with E-state index in [0.717, 1.165) is 10.0 Å². The van der Waals surface area contributed by atoms with Gasteiger partial charge < -0.3 is 9.47 Å². The number of aromatic nitrogens is 1. The Hall–Kier alpha value is -2.41. The van der Waals surface area contributed by atoms with Crippen LogP contribution >= 0.6 is 15.9 Å². The zero-order valence-electron chi connectivity index (χ0n) is 10.7. The topological polar surface area (TPSA) is 72.8 Å². The van der Waals surface area contributed by atoms with Gasteiger partial charge in [0.1, 0.15) is 0 Å². The van der Waals surface area contributed by atoms with E-state index >= 15 is 0 Å². The lowest BCUT2D eigenvalue weighted by Gasteiger charge is -2.02. The molecule has 0 saturated carbocycles. The fraction of sp³-hybridized carbons (Fsp3) is 0.0714. The van der Waals surface area contributed by atoms with Crippen LogP contribution in [0.15, 0.2) is 46.2 Å². The molecule has 3 rings (SSSR count). The van der Waals surface area contributed by atoms with Crippen molar-refractivity contribution in [2.24, 2.45) is 5.10 Å². The quantitative estimate of drug-likeness (QED) is 0.683. The summed E-state index contributed by atoms with van der Waals surface area (Å²) >= 11 is 3.41. The van der Waals surface area contributed by atoms with Crippen LogP contribution in [0.2, 0.25) is 0 Å². The predicted molar refractivity (Wildman–Crippen MR) is 79.6 cm³/mol. The number of amides is 1. The van der Waals surface area contributed by atoms with E-state index in [1.165, 1.54) is 6.21 Å². The van der Waals surface area contributed by atoms with Gasteiger partial charge in [-0.2, -0.15) is 5.10 Å². The van der Waals surface area contributed by atoms with E-state index in [0.29, 0.717) is 17.1 Å². The Bertz CT molecular complexity index is 704. The van der Waals surface area contributed by atoms with Crippen LogP contribution in [0.3, 0.4) is 0 Å². The Morgan fingerprint density at radius 3 is 2.76 bits per heavy atom. The van der Waals surface area contributed by atoms with Gasteiger partial charge in [0.25, 0.3) is 5.91 Å². The van der Waals surface area contributed by atoms with Crippen LogP contribution in [0, 0.1) is 0 Å². The highest BCUT2D eigenvalue weighted by Crippen LogP contribution is 2.36. The monoisotopic (exact) mass is 347 g/mol. The number of pyridine rings is 1. The third-order valence-corrected chi connectivity index (χ3v) is 3.49. The fourth-order valence-corrected chi connectivity index (χ4v) is 2.18. The van der Waals surface area contributed by atoms with Gasteiger partial charge in [0.05, 0.1) is 6.21 Å². The van der Waals surface area contributed by atoms with Gasteiger partial charge in [0.2, 0.25) is 6.79 Å². The second kappa shape index (κ2) is 5.92. The van der Waals surface area contributed by atoms with Crippen LogP contribution in [-0.4, -0.2) is 23.9 Å². The molecule has 0 aliphatic carbocycles. The number of carbonyl (C=O) groups excluding carboxylic acids is 1. The maximum Gasteiger partial charge on any atom is 0.271 e.